The van der Waals surface area contributed by atoms with Gasteiger partial charge < -0.3 is 15.0 Å². The van der Waals surface area contributed by atoms with Crippen LogP contribution in [0.15, 0.2) is 0 Å². The second-order valence-corrected chi connectivity index (χ2v) is 5.49. The smallest absolute Gasteiger partial charge is 0.407 e. The first kappa shape index (κ1) is 13.3. The molecule has 1 saturated heterocycles. The molecule has 1 rings (SSSR count). The molecule has 1 N–H and O–H groups in total. The number of nitrogens with zero attached hydrogens (tertiary/aromatic N) is 1. The highest BCUT2D eigenvalue weighted by atomic mass is 16.6. The molecule has 0 radical (unpaired) electrons. The van der Waals surface area contributed by atoms with Crippen molar-refractivity contribution >= 4 is 6.09 Å². The van der Waals surface area contributed by atoms with Crippen molar-refractivity contribution in [1.82, 2.24) is 10.2 Å². The molecule has 0 saturated carbocycles. The van der Waals surface area contributed by atoms with Crippen molar-refractivity contribution in [3.05, 3.63) is 0 Å². The van der Waals surface area contributed by atoms with Gasteiger partial charge >= 0.3 is 6.09 Å². The monoisotopic (exact) mass is 228 g/mol. The Morgan fingerprint density at radius 2 is 2.19 bits per heavy atom. The zero-order chi connectivity index (χ0) is 12.2. The number of ether oxygens (including phenoxy) is 1. The summed E-state index contributed by atoms with van der Waals surface area (Å²) in [6.45, 7) is 7.49. The lowest BCUT2D eigenvalue weighted by Gasteiger charge is -2.21. The van der Waals surface area contributed by atoms with Crippen LogP contribution in [-0.4, -0.2) is 42.8 Å². The Balaban J connectivity index is 2.13. The van der Waals surface area contributed by atoms with E-state index in [0.29, 0.717) is 12.6 Å². The van der Waals surface area contributed by atoms with Crippen molar-refractivity contribution in [2.45, 2.75) is 51.7 Å². The number of amides is 1. The Morgan fingerprint density at radius 1 is 1.50 bits per heavy atom. The van der Waals surface area contributed by atoms with Gasteiger partial charge in [-0.15, -0.1) is 0 Å². The van der Waals surface area contributed by atoms with Crippen LogP contribution in [0.5, 0.6) is 0 Å². The average molecular weight is 228 g/mol. The summed E-state index contributed by atoms with van der Waals surface area (Å²) < 4.78 is 5.17. The summed E-state index contributed by atoms with van der Waals surface area (Å²) in [5, 5.41) is 2.80. The second-order valence-electron chi connectivity index (χ2n) is 5.49. The van der Waals surface area contributed by atoms with Crippen LogP contribution in [0.1, 0.15) is 40.0 Å². The molecule has 94 valence electrons. The number of alkyl carbamates (subject to hydrolysis) is 1. The molecular weight excluding hydrogens is 204 g/mol. The van der Waals surface area contributed by atoms with E-state index in [4.69, 9.17) is 4.74 Å². The first-order valence-electron chi connectivity index (χ1n) is 6.05. The van der Waals surface area contributed by atoms with E-state index < -0.39 is 5.60 Å². The maximum absolute atomic E-state index is 11.4. The average Bonchev–Trinajstić information content (AvgIpc) is 2.48. The number of hydrogen-bond acceptors (Lipinski definition) is 3. The van der Waals surface area contributed by atoms with E-state index in [1.807, 2.05) is 20.8 Å². The molecule has 0 unspecified atom stereocenters. The molecule has 1 amide bonds. The zero-order valence-corrected chi connectivity index (χ0v) is 10.9. The van der Waals surface area contributed by atoms with Gasteiger partial charge in [-0.1, -0.05) is 0 Å². The van der Waals surface area contributed by atoms with Gasteiger partial charge in [-0.05, 0) is 53.6 Å². The summed E-state index contributed by atoms with van der Waals surface area (Å²) in [7, 11) is 2.14. The summed E-state index contributed by atoms with van der Waals surface area (Å²) in [5.74, 6) is 0. The summed E-state index contributed by atoms with van der Waals surface area (Å²) in [6.07, 6.45) is 3.21. The van der Waals surface area contributed by atoms with Crippen molar-refractivity contribution in [1.29, 1.82) is 0 Å². The van der Waals surface area contributed by atoms with Crippen molar-refractivity contribution in [2.75, 3.05) is 20.1 Å². The number of hydrogen-bond donors (Lipinski definition) is 1. The number of rotatable bonds is 3. The van der Waals surface area contributed by atoms with Gasteiger partial charge in [0.2, 0.25) is 0 Å². The fraction of sp³-hybridized carbons (Fsp3) is 0.917. The molecule has 16 heavy (non-hydrogen) atoms. The summed E-state index contributed by atoms with van der Waals surface area (Å²) in [6, 6.07) is 0.620. The molecule has 0 aliphatic carbocycles. The SMILES string of the molecule is CN1CCC[C@@H]1CCNC(=O)OC(C)(C)C. The minimum atomic E-state index is -0.408. The maximum Gasteiger partial charge on any atom is 0.407 e. The van der Waals surface area contributed by atoms with E-state index in [0.717, 1.165) is 6.42 Å². The van der Waals surface area contributed by atoms with Crippen LogP contribution in [0.2, 0.25) is 0 Å². The first-order chi connectivity index (χ1) is 7.38. The molecule has 0 aromatic rings. The third kappa shape index (κ3) is 4.84. The molecule has 0 bridgehead atoms. The van der Waals surface area contributed by atoms with E-state index in [1.54, 1.807) is 0 Å². The van der Waals surface area contributed by atoms with Crippen molar-refractivity contribution in [2.24, 2.45) is 0 Å². The number of nitrogens with one attached hydrogen (secondary N) is 1. The predicted octanol–water partition coefficient (Wildman–Crippen LogP) is 2.00. The molecule has 0 aromatic carbocycles. The van der Waals surface area contributed by atoms with Crippen LogP contribution in [0.3, 0.4) is 0 Å². The van der Waals surface area contributed by atoms with E-state index in [-0.39, 0.29) is 6.09 Å². The topological polar surface area (TPSA) is 41.6 Å². The Hall–Kier alpha value is -0.770. The third-order valence-electron chi connectivity index (χ3n) is 2.82. The van der Waals surface area contributed by atoms with Gasteiger partial charge in [-0.25, -0.2) is 4.79 Å². The Kier molecular flexibility index (Phi) is 4.59. The quantitative estimate of drug-likeness (QED) is 0.803. The lowest BCUT2D eigenvalue weighted by molar-refractivity contribution is 0.0524. The van der Waals surface area contributed by atoms with Gasteiger partial charge in [-0.2, -0.15) is 0 Å². The van der Waals surface area contributed by atoms with E-state index in [1.165, 1.54) is 19.4 Å². The van der Waals surface area contributed by atoms with E-state index >= 15 is 0 Å². The third-order valence-corrected chi connectivity index (χ3v) is 2.82. The van der Waals surface area contributed by atoms with Gasteiger partial charge in [0.25, 0.3) is 0 Å². The van der Waals surface area contributed by atoms with Gasteiger partial charge in [0.1, 0.15) is 5.60 Å². The van der Waals surface area contributed by atoms with Crippen LogP contribution in [-0.2, 0) is 4.74 Å². The molecule has 1 heterocycles. The lowest BCUT2D eigenvalue weighted by Crippen LogP contribution is -2.35. The first-order valence-corrected chi connectivity index (χ1v) is 6.05. The van der Waals surface area contributed by atoms with Crippen molar-refractivity contribution < 1.29 is 9.53 Å². The van der Waals surface area contributed by atoms with E-state index in [2.05, 4.69) is 17.3 Å². The summed E-state index contributed by atoms with van der Waals surface area (Å²) >= 11 is 0. The molecule has 1 atom stereocenters. The molecule has 1 aliphatic rings. The molecule has 4 heteroatoms. The van der Waals surface area contributed by atoms with Crippen LogP contribution >= 0.6 is 0 Å². The maximum atomic E-state index is 11.4. The van der Waals surface area contributed by atoms with Gasteiger partial charge in [0.05, 0.1) is 0 Å². The fourth-order valence-electron chi connectivity index (χ4n) is 2.00. The minimum absolute atomic E-state index is 0.312. The molecular formula is C12H24N2O2. The number of carbonyl (C=O) groups is 1. The standard InChI is InChI=1S/C12H24N2O2/c1-12(2,3)16-11(15)13-8-7-10-6-5-9-14(10)4/h10H,5-9H2,1-4H3,(H,13,15)/t10-/m1/s1. The molecule has 0 aromatic heterocycles. The highest BCUT2D eigenvalue weighted by Gasteiger charge is 2.21. The van der Waals surface area contributed by atoms with Crippen molar-refractivity contribution in [3.63, 3.8) is 0 Å². The molecule has 1 aliphatic heterocycles. The highest BCUT2D eigenvalue weighted by Crippen LogP contribution is 2.17. The Morgan fingerprint density at radius 3 is 2.69 bits per heavy atom. The molecule has 4 nitrogen and oxygen atoms in total. The molecule has 0 spiro atoms. The normalized spacial score (nSPS) is 22.1. The van der Waals surface area contributed by atoms with Crippen LogP contribution in [0.25, 0.3) is 0 Å². The molecule has 1 fully saturated rings. The largest absolute Gasteiger partial charge is 0.444 e. The number of likely N-dealkylation sites (tertiary alicyclic amines) is 1. The minimum Gasteiger partial charge on any atom is -0.444 e. The van der Waals surface area contributed by atoms with Crippen LogP contribution in [0, 0.1) is 0 Å². The zero-order valence-electron chi connectivity index (χ0n) is 10.9. The highest BCUT2D eigenvalue weighted by molar-refractivity contribution is 5.67. The lowest BCUT2D eigenvalue weighted by atomic mass is 10.1. The van der Waals surface area contributed by atoms with Crippen LogP contribution < -0.4 is 5.32 Å². The number of carbonyl (C=O) groups excluding carboxylic acids is 1. The second kappa shape index (κ2) is 5.53. The predicted molar refractivity (Wildman–Crippen MR) is 64.5 cm³/mol. The Bertz CT molecular complexity index is 236. The Labute approximate surface area is 98.3 Å². The van der Waals surface area contributed by atoms with Gasteiger partial charge in [0, 0.05) is 12.6 Å². The summed E-state index contributed by atoms with van der Waals surface area (Å²) in [5.41, 5.74) is -0.408. The summed E-state index contributed by atoms with van der Waals surface area (Å²) in [4.78, 5) is 13.7. The van der Waals surface area contributed by atoms with Crippen molar-refractivity contribution in [3.8, 4) is 0 Å². The van der Waals surface area contributed by atoms with E-state index in [9.17, 15) is 4.79 Å². The van der Waals surface area contributed by atoms with Crippen LogP contribution in [0.4, 0.5) is 4.79 Å². The van der Waals surface area contributed by atoms with Gasteiger partial charge in [-0.3, -0.25) is 0 Å². The van der Waals surface area contributed by atoms with Gasteiger partial charge in [0.15, 0.2) is 0 Å². The fourth-order valence-corrected chi connectivity index (χ4v) is 2.00.